The first-order chi connectivity index (χ1) is 16.9. The fraction of sp³-hybridized carbons (Fsp3) is 0.400. The lowest BCUT2D eigenvalue weighted by atomic mass is 9.72. The Morgan fingerprint density at radius 2 is 1.42 bits per heavy atom. The second-order valence-corrected chi connectivity index (χ2v) is 11.8. The van der Waals surface area contributed by atoms with E-state index in [1.807, 2.05) is 25.1 Å². The first kappa shape index (κ1) is 25.5. The van der Waals surface area contributed by atoms with Gasteiger partial charge in [-0.3, -0.25) is 0 Å². The first-order valence-electron chi connectivity index (χ1n) is 12.3. The van der Waals surface area contributed by atoms with Crippen molar-refractivity contribution in [3.63, 3.8) is 0 Å². The van der Waals surface area contributed by atoms with Crippen LogP contribution in [0.5, 0.6) is 11.5 Å². The van der Waals surface area contributed by atoms with Crippen molar-refractivity contribution in [1.29, 1.82) is 0 Å². The number of nitroso groups, excluding NO2 is 2. The third kappa shape index (κ3) is 4.52. The Hall–Kier alpha value is -3.54. The van der Waals surface area contributed by atoms with E-state index in [-0.39, 0.29) is 22.7 Å². The molecule has 188 valence electrons. The minimum Gasteiger partial charge on any atom is -0.507 e. The second kappa shape index (κ2) is 9.16. The van der Waals surface area contributed by atoms with Gasteiger partial charge in [-0.25, -0.2) is 0 Å². The van der Waals surface area contributed by atoms with Crippen molar-refractivity contribution in [2.45, 2.75) is 71.1 Å². The molecular formula is C30H34N2O4. The number of nitrogens with zero attached hydrogens (tertiary/aromatic N) is 2. The largest absolute Gasteiger partial charge is 0.507 e. The van der Waals surface area contributed by atoms with E-state index in [0.29, 0.717) is 35.0 Å². The second-order valence-electron chi connectivity index (χ2n) is 11.8. The summed E-state index contributed by atoms with van der Waals surface area (Å²) < 4.78 is 6.31. The van der Waals surface area contributed by atoms with Crippen molar-refractivity contribution in [3.8, 4) is 11.5 Å². The van der Waals surface area contributed by atoms with Crippen LogP contribution in [0.4, 0.5) is 11.4 Å². The molecule has 6 heteroatoms. The van der Waals surface area contributed by atoms with Crippen LogP contribution in [0.15, 0.2) is 58.9 Å². The molecule has 0 saturated heterocycles. The molecule has 36 heavy (non-hydrogen) atoms. The molecule has 0 bridgehead atoms. The molecule has 3 aromatic carbocycles. The maximum atomic E-state index is 11.3. The van der Waals surface area contributed by atoms with Crippen molar-refractivity contribution in [3.05, 3.63) is 91.7 Å². The Kier molecular flexibility index (Phi) is 6.50. The fourth-order valence-corrected chi connectivity index (χ4v) is 5.18. The van der Waals surface area contributed by atoms with E-state index in [2.05, 4.69) is 64.0 Å². The lowest BCUT2D eigenvalue weighted by molar-refractivity contribution is 0.247. The summed E-state index contributed by atoms with van der Waals surface area (Å²) in [7, 11) is 0. The topological polar surface area (TPSA) is 88.3 Å². The average molecular weight is 487 g/mol. The molecular weight excluding hydrogens is 452 g/mol. The van der Waals surface area contributed by atoms with Gasteiger partial charge in [-0.2, -0.15) is 0 Å². The highest BCUT2D eigenvalue weighted by atomic mass is 16.5. The molecule has 0 spiro atoms. The van der Waals surface area contributed by atoms with E-state index in [4.69, 9.17) is 4.74 Å². The molecule has 3 aromatic rings. The quantitative estimate of drug-likeness (QED) is 0.375. The van der Waals surface area contributed by atoms with Crippen LogP contribution < -0.4 is 4.74 Å². The molecule has 2 unspecified atom stereocenters. The highest BCUT2D eigenvalue weighted by Gasteiger charge is 2.37. The van der Waals surface area contributed by atoms with E-state index in [0.717, 1.165) is 27.8 Å². The van der Waals surface area contributed by atoms with Gasteiger partial charge in [-0.15, -0.1) is 9.81 Å². The van der Waals surface area contributed by atoms with Crippen molar-refractivity contribution in [2.24, 2.45) is 10.4 Å². The molecule has 0 amide bonds. The van der Waals surface area contributed by atoms with Gasteiger partial charge in [-0.05, 0) is 68.6 Å². The van der Waals surface area contributed by atoms with Gasteiger partial charge >= 0.3 is 0 Å². The van der Waals surface area contributed by atoms with Crippen LogP contribution in [0.25, 0.3) is 0 Å². The Labute approximate surface area is 212 Å². The van der Waals surface area contributed by atoms with Gasteiger partial charge in [0, 0.05) is 23.0 Å². The highest BCUT2D eigenvalue weighted by Crippen LogP contribution is 2.51. The predicted octanol–water partition coefficient (Wildman–Crippen LogP) is 8.40. The molecule has 1 N–H and O–H groups in total. The predicted molar refractivity (Wildman–Crippen MR) is 144 cm³/mol. The fourth-order valence-electron chi connectivity index (χ4n) is 5.18. The number of benzene rings is 3. The molecule has 0 saturated carbocycles. The number of fused-ring (bicyclic) bond motifs is 1. The van der Waals surface area contributed by atoms with Crippen LogP contribution in [0.1, 0.15) is 86.8 Å². The standard InChI is InChI=1S/C30H34N2O4/c1-17-25(32-35)13-12-21-26(18-8-10-20(31-34)11-9-18)22(16-36-28(17)21)19-14-23(29(2,3)4)27(33)24(15-19)30(5,6)7/h8-15,22,26,33H,16H2,1-7H3. The number of rotatable bonds is 4. The third-order valence-corrected chi connectivity index (χ3v) is 7.18. The molecule has 1 aliphatic rings. The molecule has 1 heterocycles. The normalized spacial score (nSPS) is 17.8. The van der Waals surface area contributed by atoms with Gasteiger partial charge in [0.1, 0.15) is 22.9 Å². The van der Waals surface area contributed by atoms with Crippen LogP contribution in [0.2, 0.25) is 0 Å². The van der Waals surface area contributed by atoms with Crippen molar-refractivity contribution < 1.29 is 9.84 Å². The lowest BCUT2D eigenvalue weighted by Gasteiger charge is -2.37. The van der Waals surface area contributed by atoms with E-state index in [1.165, 1.54) is 0 Å². The summed E-state index contributed by atoms with van der Waals surface area (Å²) >= 11 is 0. The summed E-state index contributed by atoms with van der Waals surface area (Å²) in [5, 5.41) is 17.5. The number of hydrogen-bond acceptors (Lipinski definition) is 6. The molecule has 1 aliphatic heterocycles. The van der Waals surface area contributed by atoms with Gasteiger partial charge in [0.05, 0.1) is 6.61 Å². The molecule has 0 radical (unpaired) electrons. The Balaban J connectivity index is 1.98. The first-order valence-corrected chi connectivity index (χ1v) is 12.3. The SMILES string of the molecule is Cc1c(N=O)ccc2c1OCC(c1cc(C(C)(C)C)c(O)c(C(C)(C)C)c1)C2c1ccc(N=O)cc1. The van der Waals surface area contributed by atoms with Crippen molar-refractivity contribution in [1.82, 2.24) is 0 Å². The molecule has 0 fully saturated rings. The summed E-state index contributed by atoms with van der Waals surface area (Å²) in [6, 6.07) is 15.2. The lowest BCUT2D eigenvalue weighted by Crippen LogP contribution is -2.27. The van der Waals surface area contributed by atoms with Crippen LogP contribution in [0.3, 0.4) is 0 Å². The van der Waals surface area contributed by atoms with Gasteiger partial charge in [-0.1, -0.05) is 71.9 Å². The molecule has 0 aromatic heterocycles. The minimum atomic E-state index is -0.262. The number of ether oxygens (including phenoxy) is 1. The molecule has 4 rings (SSSR count). The number of phenols is 1. The summed E-state index contributed by atoms with van der Waals surface area (Å²) in [6.07, 6.45) is 0. The maximum Gasteiger partial charge on any atom is 0.128 e. The molecule has 6 nitrogen and oxygen atoms in total. The highest BCUT2D eigenvalue weighted by molar-refractivity contribution is 5.61. The van der Waals surface area contributed by atoms with Crippen LogP contribution in [-0.2, 0) is 10.8 Å². The van der Waals surface area contributed by atoms with Crippen molar-refractivity contribution >= 4 is 11.4 Å². The smallest absolute Gasteiger partial charge is 0.128 e. The third-order valence-electron chi connectivity index (χ3n) is 7.18. The van der Waals surface area contributed by atoms with Crippen LogP contribution in [0, 0.1) is 16.7 Å². The maximum absolute atomic E-state index is 11.3. The zero-order valence-corrected chi connectivity index (χ0v) is 22.0. The van der Waals surface area contributed by atoms with E-state index in [9.17, 15) is 14.9 Å². The van der Waals surface area contributed by atoms with Gasteiger partial charge in [0.15, 0.2) is 0 Å². The van der Waals surface area contributed by atoms with E-state index in [1.54, 1.807) is 18.2 Å². The summed E-state index contributed by atoms with van der Waals surface area (Å²) in [4.78, 5) is 22.4. The Bertz CT molecular complexity index is 1280. The monoisotopic (exact) mass is 486 g/mol. The Morgan fingerprint density at radius 3 is 1.92 bits per heavy atom. The summed E-state index contributed by atoms with van der Waals surface area (Å²) in [5.74, 6) is 0.854. The zero-order valence-electron chi connectivity index (χ0n) is 22.0. The van der Waals surface area contributed by atoms with E-state index >= 15 is 0 Å². The number of phenolic OH excluding ortho intramolecular Hbond substituents is 1. The van der Waals surface area contributed by atoms with Crippen LogP contribution in [-0.4, -0.2) is 11.7 Å². The van der Waals surface area contributed by atoms with Gasteiger partial charge in [0.25, 0.3) is 0 Å². The number of hydrogen-bond donors (Lipinski definition) is 1. The number of aromatic hydroxyl groups is 1. The molecule has 2 atom stereocenters. The average Bonchev–Trinajstić information content (AvgIpc) is 2.82. The van der Waals surface area contributed by atoms with Gasteiger partial charge < -0.3 is 9.84 Å². The Morgan fingerprint density at radius 1 is 0.833 bits per heavy atom. The van der Waals surface area contributed by atoms with Gasteiger partial charge in [0.2, 0.25) is 0 Å². The summed E-state index contributed by atoms with van der Waals surface area (Å²) in [5.41, 5.74) is 5.77. The summed E-state index contributed by atoms with van der Waals surface area (Å²) in [6.45, 7) is 14.9. The zero-order chi connectivity index (χ0) is 26.4. The minimum absolute atomic E-state index is 0.0650. The van der Waals surface area contributed by atoms with Crippen LogP contribution >= 0.6 is 0 Å². The van der Waals surface area contributed by atoms with Crippen molar-refractivity contribution in [2.75, 3.05) is 6.61 Å². The molecule has 0 aliphatic carbocycles. The van der Waals surface area contributed by atoms with E-state index < -0.39 is 0 Å².